The van der Waals surface area contributed by atoms with Crippen LogP contribution in [0.1, 0.15) is 5.56 Å². The first-order valence-corrected chi connectivity index (χ1v) is 5.78. The molecule has 1 aromatic heterocycles. The Hall–Kier alpha value is -2.29. The Kier molecular flexibility index (Phi) is 2.52. The number of methoxy groups -OCH3 is 1. The van der Waals surface area contributed by atoms with Gasteiger partial charge in [0.05, 0.1) is 7.11 Å². The Bertz CT molecular complexity index is 683. The molecule has 3 rings (SSSR count). The second-order valence-corrected chi connectivity index (χ2v) is 4.22. The van der Waals surface area contributed by atoms with Gasteiger partial charge in [0.15, 0.2) is 5.58 Å². The molecule has 90 valence electrons. The SMILES string of the molecule is COc1ccc(-c2nc3ccc(C)cc3o2)cc1. The van der Waals surface area contributed by atoms with Crippen molar-refractivity contribution in [3.05, 3.63) is 48.0 Å². The molecular weight excluding hydrogens is 226 g/mol. The summed E-state index contributed by atoms with van der Waals surface area (Å²) in [5.74, 6) is 1.46. The highest BCUT2D eigenvalue weighted by Crippen LogP contribution is 2.26. The van der Waals surface area contributed by atoms with Crippen LogP contribution in [0.2, 0.25) is 0 Å². The quantitative estimate of drug-likeness (QED) is 0.682. The van der Waals surface area contributed by atoms with E-state index in [0.29, 0.717) is 5.89 Å². The molecule has 0 saturated heterocycles. The van der Waals surface area contributed by atoms with Crippen LogP contribution < -0.4 is 4.74 Å². The summed E-state index contributed by atoms with van der Waals surface area (Å²) in [7, 11) is 1.65. The van der Waals surface area contributed by atoms with Crippen LogP contribution in [0.4, 0.5) is 0 Å². The van der Waals surface area contributed by atoms with Gasteiger partial charge in [-0.3, -0.25) is 0 Å². The molecule has 0 saturated carbocycles. The monoisotopic (exact) mass is 239 g/mol. The van der Waals surface area contributed by atoms with Crippen molar-refractivity contribution in [2.75, 3.05) is 7.11 Å². The molecule has 1 heterocycles. The normalized spacial score (nSPS) is 10.8. The molecule has 0 bridgehead atoms. The van der Waals surface area contributed by atoms with Crippen molar-refractivity contribution in [2.24, 2.45) is 0 Å². The summed E-state index contributed by atoms with van der Waals surface area (Å²) in [6.07, 6.45) is 0. The standard InChI is InChI=1S/C15H13NO2/c1-10-3-8-13-14(9-10)18-15(16-13)11-4-6-12(17-2)7-5-11/h3-9H,1-2H3. The molecule has 0 aliphatic carbocycles. The Morgan fingerprint density at radius 2 is 1.83 bits per heavy atom. The van der Waals surface area contributed by atoms with Crippen LogP contribution in [0.5, 0.6) is 5.75 Å². The number of fused-ring (bicyclic) bond motifs is 1. The molecule has 0 atom stereocenters. The van der Waals surface area contributed by atoms with Gasteiger partial charge in [-0.15, -0.1) is 0 Å². The summed E-state index contributed by atoms with van der Waals surface area (Å²) < 4.78 is 10.9. The lowest BCUT2D eigenvalue weighted by Gasteiger charge is -1.99. The Morgan fingerprint density at radius 3 is 2.56 bits per heavy atom. The molecule has 3 heteroatoms. The highest BCUT2D eigenvalue weighted by Gasteiger charge is 2.08. The summed E-state index contributed by atoms with van der Waals surface area (Å²) in [5.41, 5.74) is 3.82. The van der Waals surface area contributed by atoms with Crippen LogP contribution in [0.25, 0.3) is 22.6 Å². The average Bonchev–Trinajstić information content (AvgIpc) is 2.81. The van der Waals surface area contributed by atoms with Crippen LogP contribution in [0.15, 0.2) is 46.9 Å². The molecule has 0 unspecified atom stereocenters. The lowest BCUT2D eigenvalue weighted by atomic mass is 10.2. The van der Waals surface area contributed by atoms with Crippen molar-refractivity contribution in [3.8, 4) is 17.2 Å². The summed E-state index contributed by atoms with van der Waals surface area (Å²) in [6.45, 7) is 2.04. The zero-order chi connectivity index (χ0) is 12.5. The number of rotatable bonds is 2. The van der Waals surface area contributed by atoms with Gasteiger partial charge in [-0.25, -0.2) is 4.98 Å². The fourth-order valence-corrected chi connectivity index (χ4v) is 1.89. The maximum atomic E-state index is 5.76. The van der Waals surface area contributed by atoms with Gasteiger partial charge in [-0.2, -0.15) is 0 Å². The van der Waals surface area contributed by atoms with Gasteiger partial charge in [0.1, 0.15) is 11.3 Å². The predicted octanol–water partition coefficient (Wildman–Crippen LogP) is 3.81. The number of ether oxygens (including phenoxy) is 1. The van der Waals surface area contributed by atoms with Crippen molar-refractivity contribution in [2.45, 2.75) is 6.92 Å². The van der Waals surface area contributed by atoms with Crippen LogP contribution in [-0.2, 0) is 0 Å². The molecule has 0 spiro atoms. The number of aryl methyl sites for hydroxylation is 1. The van der Waals surface area contributed by atoms with Gasteiger partial charge in [-0.05, 0) is 48.9 Å². The second-order valence-electron chi connectivity index (χ2n) is 4.22. The number of nitrogens with zero attached hydrogens (tertiary/aromatic N) is 1. The molecular formula is C15H13NO2. The Balaban J connectivity index is 2.07. The Labute approximate surface area is 105 Å². The Morgan fingerprint density at radius 1 is 1.06 bits per heavy atom. The first-order chi connectivity index (χ1) is 8.76. The minimum atomic E-state index is 0.637. The maximum absolute atomic E-state index is 5.76. The molecule has 0 radical (unpaired) electrons. The highest BCUT2D eigenvalue weighted by molar-refractivity contribution is 5.76. The largest absolute Gasteiger partial charge is 0.497 e. The van der Waals surface area contributed by atoms with E-state index in [0.717, 1.165) is 22.4 Å². The summed E-state index contributed by atoms with van der Waals surface area (Å²) in [5, 5.41) is 0. The maximum Gasteiger partial charge on any atom is 0.227 e. The van der Waals surface area contributed by atoms with Crippen molar-refractivity contribution in [1.29, 1.82) is 0 Å². The molecule has 3 aromatic rings. The number of oxazole rings is 1. The zero-order valence-corrected chi connectivity index (χ0v) is 10.3. The molecule has 2 aromatic carbocycles. The second kappa shape index (κ2) is 4.18. The minimum absolute atomic E-state index is 0.637. The number of hydrogen-bond acceptors (Lipinski definition) is 3. The molecule has 18 heavy (non-hydrogen) atoms. The molecule has 0 aliphatic heterocycles. The van der Waals surface area contributed by atoms with E-state index < -0.39 is 0 Å². The van der Waals surface area contributed by atoms with E-state index >= 15 is 0 Å². The van der Waals surface area contributed by atoms with E-state index in [1.54, 1.807) is 7.11 Å². The van der Waals surface area contributed by atoms with Gasteiger partial charge in [0.25, 0.3) is 0 Å². The molecule has 0 N–H and O–H groups in total. The van der Waals surface area contributed by atoms with Crippen molar-refractivity contribution in [1.82, 2.24) is 4.98 Å². The number of hydrogen-bond donors (Lipinski definition) is 0. The lowest BCUT2D eigenvalue weighted by Crippen LogP contribution is -1.82. The third-order valence-electron chi connectivity index (χ3n) is 2.88. The zero-order valence-electron chi connectivity index (χ0n) is 10.3. The van der Waals surface area contributed by atoms with Gasteiger partial charge in [0, 0.05) is 5.56 Å². The molecule has 0 amide bonds. The first kappa shape index (κ1) is 10.8. The molecule has 0 fully saturated rings. The number of aromatic nitrogens is 1. The van der Waals surface area contributed by atoms with Crippen LogP contribution >= 0.6 is 0 Å². The van der Waals surface area contributed by atoms with E-state index in [-0.39, 0.29) is 0 Å². The fraction of sp³-hybridized carbons (Fsp3) is 0.133. The van der Waals surface area contributed by atoms with Crippen LogP contribution in [0.3, 0.4) is 0 Å². The highest BCUT2D eigenvalue weighted by atomic mass is 16.5. The summed E-state index contributed by atoms with van der Waals surface area (Å²) >= 11 is 0. The number of benzene rings is 2. The molecule has 3 nitrogen and oxygen atoms in total. The van der Waals surface area contributed by atoms with Crippen LogP contribution in [-0.4, -0.2) is 12.1 Å². The fourth-order valence-electron chi connectivity index (χ4n) is 1.89. The van der Waals surface area contributed by atoms with Gasteiger partial charge < -0.3 is 9.15 Å². The van der Waals surface area contributed by atoms with Gasteiger partial charge in [0.2, 0.25) is 5.89 Å². The smallest absolute Gasteiger partial charge is 0.227 e. The van der Waals surface area contributed by atoms with Crippen LogP contribution in [0, 0.1) is 6.92 Å². The van der Waals surface area contributed by atoms with Crippen molar-refractivity contribution in [3.63, 3.8) is 0 Å². The van der Waals surface area contributed by atoms with E-state index in [2.05, 4.69) is 4.98 Å². The first-order valence-electron chi connectivity index (χ1n) is 5.78. The van der Waals surface area contributed by atoms with Crippen molar-refractivity contribution >= 4 is 11.1 Å². The third kappa shape index (κ3) is 1.84. The van der Waals surface area contributed by atoms with Gasteiger partial charge in [-0.1, -0.05) is 6.07 Å². The van der Waals surface area contributed by atoms with E-state index in [1.165, 1.54) is 5.56 Å². The van der Waals surface area contributed by atoms with E-state index in [9.17, 15) is 0 Å². The van der Waals surface area contributed by atoms with Gasteiger partial charge >= 0.3 is 0 Å². The topological polar surface area (TPSA) is 35.3 Å². The minimum Gasteiger partial charge on any atom is -0.497 e. The molecule has 0 aliphatic rings. The van der Waals surface area contributed by atoms with Crippen molar-refractivity contribution < 1.29 is 9.15 Å². The lowest BCUT2D eigenvalue weighted by molar-refractivity contribution is 0.415. The summed E-state index contributed by atoms with van der Waals surface area (Å²) in [6, 6.07) is 13.7. The predicted molar refractivity (Wildman–Crippen MR) is 70.7 cm³/mol. The third-order valence-corrected chi connectivity index (χ3v) is 2.88. The average molecular weight is 239 g/mol. The summed E-state index contributed by atoms with van der Waals surface area (Å²) in [4.78, 5) is 4.47. The van der Waals surface area contributed by atoms with E-state index in [1.807, 2.05) is 49.4 Å². The van der Waals surface area contributed by atoms with E-state index in [4.69, 9.17) is 9.15 Å².